The molecule has 1 heterocycles. The number of nitrogens with zero attached hydrogens (tertiary/aromatic N) is 2. The number of aromatic nitrogens is 2. The minimum atomic E-state index is -0.0938. The van der Waals surface area contributed by atoms with Crippen molar-refractivity contribution in [1.82, 2.24) is 10.2 Å². The van der Waals surface area contributed by atoms with Gasteiger partial charge in [0.05, 0.1) is 11.8 Å². The van der Waals surface area contributed by atoms with E-state index < -0.39 is 0 Å². The summed E-state index contributed by atoms with van der Waals surface area (Å²) in [5.41, 5.74) is 7.14. The fraction of sp³-hybridized carbons (Fsp3) is 0.214. The Hall–Kier alpha value is -2.43. The molecule has 0 aliphatic carbocycles. The van der Waals surface area contributed by atoms with Gasteiger partial charge in [-0.2, -0.15) is 5.10 Å². The minimum Gasteiger partial charge on any atom is -0.437 e. The van der Waals surface area contributed by atoms with E-state index in [0.717, 1.165) is 0 Å². The average molecular weight is 256 g/mol. The molecule has 0 unspecified atom stereocenters. The molecular formula is C14H16N4O. The van der Waals surface area contributed by atoms with E-state index in [4.69, 9.17) is 15.9 Å². The van der Waals surface area contributed by atoms with Crippen molar-refractivity contribution >= 4 is 5.84 Å². The average Bonchev–Trinajstić information content (AvgIpc) is 2.39. The maximum Gasteiger partial charge on any atom is 0.249 e. The molecule has 0 bridgehead atoms. The smallest absolute Gasteiger partial charge is 0.249 e. The van der Waals surface area contributed by atoms with Crippen molar-refractivity contribution in [2.24, 2.45) is 5.73 Å². The zero-order valence-corrected chi connectivity index (χ0v) is 10.9. The topological polar surface area (TPSA) is 84.9 Å². The molecule has 0 aliphatic rings. The Morgan fingerprint density at radius 1 is 1.21 bits per heavy atom. The van der Waals surface area contributed by atoms with E-state index in [9.17, 15) is 0 Å². The Morgan fingerprint density at radius 3 is 2.47 bits per heavy atom. The summed E-state index contributed by atoms with van der Waals surface area (Å²) in [5, 5.41) is 15.1. The van der Waals surface area contributed by atoms with Gasteiger partial charge >= 0.3 is 0 Å². The zero-order chi connectivity index (χ0) is 13.8. The molecule has 5 nitrogen and oxygen atoms in total. The fourth-order valence-corrected chi connectivity index (χ4v) is 1.63. The third kappa shape index (κ3) is 3.07. The van der Waals surface area contributed by atoms with Gasteiger partial charge in [-0.25, -0.2) is 0 Å². The van der Waals surface area contributed by atoms with Crippen LogP contribution in [0.4, 0.5) is 0 Å². The van der Waals surface area contributed by atoms with Crippen LogP contribution in [0.3, 0.4) is 0 Å². The highest BCUT2D eigenvalue weighted by atomic mass is 16.5. The largest absolute Gasteiger partial charge is 0.437 e. The van der Waals surface area contributed by atoms with Gasteiger partial charge in [0.25, 0.3) is 0 Å². The third-order valence-corrected chi connectivity index (χ3v) is 2.74. The summed E-state index contributed by atoms with van der Waals surface area (Å²) in [6.45, 7) is 4.26. The van der Waals surface area contributed by atoms with Gasteiger partial charge in [0, 0.05) is 0 Å². The number of nitrogen functional groups attached to an aromatic ring is 1. The number of hydrogen-bond donors (Lipinski definition) is 2. The van der Waals surface area contributed by atoms with Crippen molar-refractivity contribution in [3.8, 4) is 11.6 Å². The van der Waals surface area contributed by atoms with Crippen molar-refractivity contribution in [1.29, 1.82) is 5.41 Å². The van der Waals surface area contributed by atoms with Crippen LogP contribution >= 0.6 is 0 Å². The van der Waals surface area contributed by atoms with Gasteiger partial charge in [0.2, 0.25) is 5.88 Å². The molecule has 0 saturated carbocycles. The molecule has 0 saturated heterocycles. The first-order valence-electron chi connectivity index (χ1n) is 6.02. The van der Waals surface area contributed by atoms with Crippen molar-refractivity contribution in [3.63, 3.8) is 0 Å². The van der Waals surface area contributed by atoms with Crippen LogP contribution in [0.15, 0.2) is 36.5 Å². The van der Waals surface area contributed by atoms with Crippen LogP contribution in [0.5, 0.6) is 11.6 Å². The lowest BCUT2D eigenvalue weighted by Crippen LogP contribution is -2.13. The number of nitrogens with two attached hydrogens (primary N) is 1. The molecular weight excluding hydrogens is 240 g/mol. The van der Waals surface area contributed by atoms with Crippen LogP contribution < -0.4 is 10.5 Å². The number of rotatable bonds is 4. The highest BCUT2D eigenvalue weighted by molar-refractivity contribution is 5.96. The van der Waals surface area contributed by atoms with E-state index in [1.165, 1.54) is 11.8 Å². The summed E-state index contributed by atoms with van der Waals surface area (Å²) in [6.07, 6.45) is 1.48. The predicted molar refractivity (Wildman–Crippen MR) is 73.7 cm³/mol. The van der Waals surface area contributed by atoms with Crippen LogP contribution in [0.2, 0.25) is 0 Å². The number of amidine groups is 1. The van der Waals surface area contributed by atoms with Crippen molar-refractivity contribution in [3.05, 3.63) is 47.7 Å². The lowest BCUT2D eigenvalue weighted by Gasteiger charge is -2.09. The fourth-order valence-electron chi connectivity index (χ4n) is 1.63. The summed E-state index contributed by atoms with van der Waals surface area (Å²) >= 11 is 0. The lowest BCUT2D eigenvalue weighted by atomic mass is 10.0. The van der Waals surface area contributed by atoms with Crippen molar-refractivity contribution in [2.45, 2.75) is 19.8 Å². The number of hydrogen-bond acceptors (Lipinski definition) is 4. The summed E-state index contributed by atoms with van der Waals surface area (Å²) in [5.74, 6) is 1.27. The van der Waals surface area contributed by atoms with E-state index >= 15 is 0 Å². The Bertz CT molecular complexity index is 578. The summed E-state index contributed by atoms with van der Waals surface area (Å²) in [7, 11) is 0. The van der Waals surface area contributed by atoms with Crippen LogP contribution in [-0.2, 0) is 0 Å². The minimum absolute atomic E-state index is 0.0938. The molecule has 0 aliphatic heterocycles. The molecule has 0 radical (unpaired) electrons. The number of ether oxygens (including phenoxy) is 1. The molecule has 3 N–H and O–H groups in total. The van der Waals surface area contributed by atoms with Gasteiger partial charge in [-0.1, -0.05) is 26.0 Å². The maximum atomic E-state index is 7.46. The SMILES string of the molecule is CC(C)c1ccc(Oc2nnccc2C(=N)N)cc1. The Kier molecular flexibility index (Phi) is 3.75. The zero-order valence-electron chi connectivity index (χ0n) is 10.9. The van der Waals surface area contributed by atoms with Crippen molar-refractivity contribution in [2.75, 3.05) is 0 Å². The first-order chi connectivity index (χ1) is 9.08. The van der Waals surface area contributed by atoms with Crippen LogP contribution in [0, 0.1) is 5.41 Å². The van der Waals surface area contributed by atoms with Crippen LogP contribution in [-0.4, -0.2) is 16.0 Å². The third-order valence-electron chi connectivity index (χ3n) is 2.74. The first-order valence-corrected chi connectivity index (χ1v) is 6.02. The van der Waals surface area contributed by atoms with Gasteiger partial charge in [-0.3, -0.25) is 5.41 Å². The second-order valence-corrected chi connectivity index (χ2v) is 4.49. The van der Waals surface area contributed by atoms with Gasteiger partial charge in [-0.05, 0) is 29.7 Å². The molecule has 2 rings (SSSR count). The van der Waals surface area contributed by atoms with Crippen LogP contribution in [0.1, 0.15) is 30.9 Å². The Morgan fingerprint density at radius 2 is 1.89 bits per heavy atom. The van der Waals surface area contributed by atoms with Gasteiger partial charge in [-0.15, -0.1) is 5.10 Å². The molecule has 0 amide bonds. The molecule has 1 aromatic heterocycles. The van der Waals surface area contributed by atoms with Gasteiger partial charge < -0.3 is 10.5 Å². The van der Waals surface area contributed by atoms with E-state index in [1.807, 2.05) is 24.3 Å². The Labute approximate surface area is 111 Å². The normalized spacial score (nSPS) is 10.5. The molecule has 98 valence electrons. The van der Waals surface area contributed by atoms with E-state index in [1.54, 1.807) is 6.07 Å². The van der Waals surface area contributed by atoms with Gasteiger partial charge in [0.15, 0.2) is 0 Å². The Balaban J connectivity index is 2.24. The second kappa shape index (κ2) is 5.48. The highest BCUT2D eigenvalue weighted by Crippen LogP contribution is 2.24. The van der Waals surface area contributed by atoms with E-state index in [0.29, 0.717) is 17.2 Å². The van der Waals surface area contributed by atoms with E-state index in [2.05, 4.69) is 24.0 Å². The quantitative estimate of drug-likeness (QED) is 0.650. The number of benzene rings is 1. The number of nitrogens with one attached hydrogen (secondary N) is 1. The van der Waals surface area contributed by atoms with Crippen molar-refractivity contribution < 1.29 is 4.74 Å². The summed E-state index contributed by atoms with van der Waals surface area (Å²) < 4.78 is 5.61. The van der Waals surface area contributed by atoms with Gasteiger partial charge in [0.1, 0.15) is 11.6 Å². The van der Waals surface area contributed by atoms with E-state index in [-0.39, 0.29) is 11.7 Å². The molecule has 0 atom stereocenters. The standard InChI is InChI=1S/C14H16N4O/c1-9(2)10-3-5-11(6-4-10)19-14-12(13(15)16)7-8-17-18-14/h3-9H,1-2H3,(H3,15,16). The molecule has 1 aromatic carbocycles. The summed E-state index contributed by atoms with van der Waals surface area (Å²) in [6, 6.07) is 9.35. The predicted octanol–water partition coefficient (Wildman–Crippen LogP) is 2.68. The monoisotopic (exact) mass is 256 g/mol. The second-order valence-electron chi connectivity index (χ2n) is 4.49. The molecule has 19 heavy (non-hydrogen) atoms. The highest BCUT2D eigenvalue weighted by Gasteiger charge is 2.09. The molecule has 0 spiro atoms. The molecule has 2 aromatic rings. The molecule has 5 heteroatoms. The first kappa shape index (κ1) is 13.0. The van der Waals surface area contributed by atoms with Crippen LogP contribution in [0.25, 0.3) is 0 Å². The summed E-state index contributed by atoms with van der Waals surface area (Å²) in [4.78, 5) is 0. The molecule has 0 fully saturated rings. The lowest BCUT2D eigenvalue weighted by molar-refractivity contribution is 0.453. The maximum absolute atomic E-state index is 7.46.